The highest BCUT2D eigenvalue weighted by atomic mass is 16.3. The van der Waals surface area contributed by atoms with Gasteiger partial charge in [-0.2, -0.15) is 0 Å². The van der Waals surface area contributed by atoms with Crippen molar-refractivity contribution >= 4 is 0 Å². The molecule has 2 nitrogen and oxygen atoms in total. The molecular weight excluding hydrogens is 162 g/mol. The standard InChI is InChI=1S/C11H23NO/c1-8(2)10(5,13)11(7-12)6-9(11,3)4/h8,13H,6-7,12H2,1-5H3. The van der Waals surface area contributed by atoms with Crippen LogP contribution in [0.3, 0.4) is 0 Å². The van der Waals surface area contributed by atoms with E-state index < -0.39 is 5.60 Å². The van der Waals surface area contributed by atoms with E-state index in [-0.39, 0.29) is 16.7 Å². The summed E-state index contributed by atoms with van der Waals surface area (Å²) in [6.45, 7) is 11.0. The lowest BCUT2D eigenvalue weighted by Crippen LogP contribution is -2.48. The summed E-state index contributed by atoms with van der Waals surface area (Å²) in [5, 5.41) is 10.4. The average Bonchev–Trinajstić information content (AvgIpc) is 2.55. The summed E-state index contributed by atoms with van der Waals surface area (Å²) in [4.78, 5) is 0. The van der Waals surface area contributed by atoms with Crippen molar-refractivity contribution in [2.24, 2.45) is 22.5 Å². The lowest BCUT2D eigenvalue weighted by molar-refractivity contribution is -0.0664. The summed E-state index contributed by atoms with van der Waals surface area (Å²) < 4.78 is 0. The largest absolute Gasteiger partial charge is 0.389 e. The number of aliphatic hydroxyl groups is 1. The molecule has 0 aromatic carbocycles. The van der Waals surface area contributed by atoms with Gasteiger partial charge in [0.15, 0.2) is 0 Å². The third kappa shape index (κ3) is 1.23. The van der Waals surface area contributed by atoms with Gasteiger partial charge in [-0.15, -0.1) is 0 Å². The molecule has 0 saturated heterocycles. The van der Waals surface area contributed by atoms with Crippen LogP contribution < -0.4 is 5.73 Å². The van der Waals surface area contributed by atoms with Crippen LogP contribution in [0.1, 0.15) is 41.0 Å². The maximum Gasteiger partial charge on any atom is 0.0715 e. The monoisotopic (exact) mass is 185 g/mol. The van der Waals surface area contributed by atoms with E-state index in [0.717, 1.165) is 6.42 Å². The Hall–Kier alpha value is -0.0800. The van der Waals surface area contributed by atoms with Crippen molar-refractivity contribution in [1.82, 2.24) is 0 Å². The van der Waals surface area contributed by atoms with E-state index >= 15 is 0 Å². The maximum absolute atomic E-state index is 10.4. The van der Waals surface area contributed by atoms with Gasteiger partial charge in [-0.25, -0.2) is 0 Å². The second-order valence-corrected chi connectivity index (χ2v) is 5.65. The second kappa shape index (κ2) is 2.71. The minimum absolute atomic E-state index is 0.0613. The molecule has 78 valence electrons. The highest BCUT2D eigenvalue weighted by Gasteiger charge is 2.69. The predicted molar refractivity (Wildman–Crippen MR) is 55.3 cm³/mol. The van der Waals surface area contributed by atoms with Gasteiger partial charge in [-0.05, 0) is 24.7 Å². The molecule has 1 aliphatic rings. The molecule has 2 unspecified atom stereocenters. The Morgan fingerprint density at radius 1 is 1.46 bits per heavy atom. The van der Waals surface area contributed by atoms with Crippen LogP contribution in [0.4, 0.5) is 0 Å². The summed E-state index contributed by atoms with van der Waals surface area (Å²) >= 11 is 0. The van der Waals surface area contributed by atoms with Gasteiger partial charge in [0, 0.05) is 12.0 Å². The molecule has 0 radical (unpaired) electrons. The summed E-state index contributed by atoms with van der Waals surface area (Å²) in [6, 6.07) is 0. The third-order valence-corrected chi connectivity index (χ3v) is 4.36. The molecule has 0 aliphatic heterocycles. The molecule has 13 heavy (non-hydrogen) atoms. The Kier molecular flexibility index (Phi) is 2.29. The van der Waals surface area contributed by atoms with E-state index in [4.69, 9.17) is 5.73 Å². The maximum atomic E-state index is 10.4. The Labute approximate surface area is 81.5 Å². The molecule has 0 aromatic rings. The molecule has 2 atom stereocenters. The van der Waals surface area contributed by atoms with Crippen LogP contribution in [-0.4, -0.2) is 17.3 Å². The smallest absolute Gasteiger partial charge is 0.0715 e. The Morgan fingerprint density at radius 2 is 1.85 bits per heavy atom. The fourth-order valence-corrected chi connectivity index (χ4v) is 2.68. The molecule has 0 heterocycles. The Bertz CT molecular complexity index is 208. The van der Waals surface area contributed by atoms with E-state index in [9.17, 15) is 5.11 Å². The molecule has 1 aliphatic carbocycles. The van der Waals surface area contributed by atoms with Crippen LogP contribution in [-0.2, 0) is 0 Å². The van der Waals surface area contributed by atoms with Crippen LogP contribution in [0, 0.1) is 16.7 Å². The molecule has 1 fully saturated rings. The van der Waals surface area contributed by atoms with Crippen molar-refractivity contribution in [3.63, 3.8) is 0 Å². The van der Waals surface area contributed by atoms with E-state index in [2.05, 4.69) is 27.7 Å². The van der Waals surface area contributed by atoms with E-state index in [1.807, 2.05) is 6.92 Å². The molecule has 2 heteroatoms. The van der Waals surface area contributed by atoms with Gasteiger partial charge in [-0.3, -0.25) is 0 Å². The minimum atomic E-state index is -0.634. The van der Waals surface area contributed by atoms with Gasteiger partial charge in [-0.1, -0.05) is 27.7 Å². The first kappa shape index (κ1) is 11.0. The quantitative estimate of drug-likeness (QED) is 0.704. The van der Waals surface area contributed by atoms with Crippen molar-refractivity contribution in [2.45, 2.75) is 46.6 Å². The molecule has 0 aromatic heterocycles. The van der Waals surface area contributed by atoms with Gasteiger partial charge in [0.1, 0.15) is 0 Å². The average molecular weight is 185 g/mol. The molecular formula is C11H23NO. The second-order valence-electron chi connectivity index (χ2n) is 5.65. The molecule has 0 spiro atoms. The first-order chi connectivity index (χ1) is 5.71. The third-order valence-electron chi connectivity index (χ3n) is 4.36. The number of rotatable bonds is 3. The molecule has 1 saturated carbocycles. The Morgan fingerprint density at radius 3 is 1.92 bits per heavy atom. The van der Waals surface area contributed by atoms with Gasteiger partial charge in [0.05, 0.1) is 5.60 Å². The highest BCUT2D eigenvalue weighted by molar-refractivity contribution is 5.19. The summed E-state index contributed by atoms with van der Waals surface area (Å²) in [5.74, 6) is 0.262. The van der Waals surface area contributed by atoms with Crippen LogP contribution in [0.25, 0.3) is 0 Å². The topological polar surface area (TPSA) is 46.2 Å². The van der Waals surface area contributed by atoms with Crippen LogP contribution >= 0.6 is 0 Å². The fraction of sp³-hybridized carbons (Fsp3) is 1.00. The lowest BCUT2D eigenvalue weighted by Gasteiger charge is -2.39. The SMILES string of the molecule is CC(C)C(C)(O)C1(CN)CC1(C)C. The summed E-state index contributed by atoms with van der Waals surface area (Å²) in [7, 11) is 0. The van der Waals surface area contributed by atoms with E-state index in [0.29, 0.717) is 6.54 Å². The molecule has 0 bridgehead atoms. The first-order valence-electron chi connectivity index (χ1n) is 5.14. The zero-order valence-electron chi connectivity index (χ0n) is 9.52. The highest BCUT2D eigenvalue weighted by Crippen LogP contribution is 2.69. The van der Waals surface area contributed by atoms with Gasteiger partial charge >= 0.3 is 0 Å². The summed E-state index contributed by atoms with van der Waals surface area (Å²) in [5.41, 5.74) is 5.32. The van der Waals surface area contributed by atoms with Gasteiger partial charge < -0.3 is 10.8 Å². The Balaban J connectivity index is 2.93. The van der Waals surface area contributed by atoms with Crippen molar-refractivity contribution in [3.8, 4) is 0 Å². The number of nitrogens with two attached hydrogens (primary N) is 1. The van der Waals surface area contributed by atoms with Crippen molar-refractivity contribution in [2.75, 3.05) is 6.54 Å². The summed E-state index contributed by atoms with van der Waals surface area (Å²) in [6.07, 6.45) is 1.04. The van der Waals surface area contributed by atoms with Gasteiger partial charge in [0.2, 0.25) is 0 Å². The molecule has 3 N–H and O–H groups in total. The van der Waals surface area contributed by atoms with Crippen LogP contribution in [0.2, 0.25) is 0 Å². The molecule has 0 amide bonds. The minimum Gasteiger partial charge on any atom is -0.389 e. The van der Waals surface area contributed by atoms with E-state index in [1.54, 1.807) is 0 Å². The van der Waals surface area contributed by atoms with E-state index in [1.165, 1.54) is 0 Å². The first-order valence-corrected chi connectivity index (χ1v) is 5.14. The fourth-order valence-electron chi connectivity index (χ4n) is 2.68. The number of hydrogen-bond acceptors (Lipinski definition) is 2. The lowest BCUT2D eigenvalue weighted by atomic mass is 9.73. The van der Waals surface area contributed by atoms with Crippen molar-refractivity contribution in [3.05, 3.63) is 0 Å². The zero-order valence-corrected chi connectivity index (χ0v) is 9.52. The van der Waals surface area contributed by atoms with Gasteiger partial charge in [0.25, 0.3) is 0 Å². The zero-order chi connectivity index (χ0) is 10.5. The van der Waals surface area contributed by atoms with Crippen LogP contribution in [0.5, 0.6) is 0 Å². The predicted octanol–water partition coefficient (Wildman–Crippen LogP) is 1.77. The van der Waals surface area contributed by atoms with Crippen LogP contribution in [0.15, 0.2) is 0 Å². The number of hydrogen-bond donors (Lipinski definition) is 2. The normalized spacial score (nSPS) is 36.0. The van der Waals surface area contributed by atoms with Crippen molar-refractivity contribution in [1.29, 1.82) is 0 Å². The molecule has 1 rings (SSSR count). The van der Waals surface area contributed by atoms with Crippen molar-refractivity contribution < 1.29 is 5.11 Å².